The number of aromatic amines is 1. The lowest BCUT2D eigenvalue weighted by Gasteiger charge is -2.21. The third-order valence-electron chi connectivity index (χ3n) is 2.89. The van der Waals surface area contributed by atoms with Gasteiger partial charge in [0.2, 0.25) is 0 Å². The van der Waals surface area contributed by atoms with Crippen LogP contribution in [0.2, 0.25) is 0 Å². The number of aliphatic carboxylic acids is 1. The van der Waals surface area contributed by atoms with Crippen molar-refractivity contribution in [1.82, 2.24) is 15.1 Å². The number of carboxylic acids is 1. The highest BCUT2D eigenvalue weighted by atomic mass is 16.5. The van der Waals surface area contributed by atoms with Gasteiger partial charge >= 0.3 is 12.0 Å². The number of carbonyl (C=O) groups excluding carboxylic acids is 1. The lowest BCUT2D eigenvalue weighted by Crippen LogP contribution is -2.43. The molecule has 0 bridgehead atoms. The molecule has 0 aromatic carbocycles. The summed E-state index contributed by atoms with van der Waals surface area (Å²) in [6.07, 6.45) is 3.00. The van der Waals surface area contributed by atoms with Crippen molar-refractivity contribution < 1.29 is 19.4 Å². The molecule has 3 N–H and O–H groups in total. The van der Waals surface area contributed by atoms with Gasteiger partial charge in [0.1, 0.15) is 6.04 Å². The van der Waals surface area contributed by atoms with Gasteiger partial charge < -0.3 is 20.1 Å². The number of nitrogens with one attached hydrogen (secondary N) is 2. The topological polar surface area (TPSA) is 108 Å². The highest BCUT2D eigenvalue weighted by molar-refractivity contribution is 5.92. The van der Waals surface area contributed by atoms with Gasteiger partial charge in [0, 0.05) is 26.3 Å². The summed E-state index contributed by atoms with van der Waals surface area (Å²) in [6.45, 7) is 0.261. The zero-order valence-electron chi connectivity index (χ0n) is 9.79. The smallest absolute Gasteiger partial charge is 0.326 e. The third-order valence-corrected chi connectivity index (χ3v) is 2.89. The minimum atomic E-state index is -1.03. The molecule has 2 rings (SSSR count). The van der Waals surface area contributed by atoms with E-state index in [9.17, 15) is 9.59 Å². The Labute approximate surface area is 103 Å². The van der Waals surface area contributed by atoms with E-state index in [0.29, 0.717) is 12.1 Å². The first-order chi connectivity index (χ1) is 8.61. The van der Waals surface area contributed by atoms with Gasteiger partial charge in [0.05, 0.1) is 18.0 Å². The van der Waals surface area contributed by atoms with Gasteiger partial charge in [-0.25, -0.2) is 9.59 Å². The molecular formula is C10H14N4O4. The van der Waals surface area contributed by atoms with Gasteiger partial charge in [-0.15, -0.1) is 0 Å². The lowest BCUT2D eigenvalue weighted by atomic mass is 10.2. The molecule has 2 amide bonds. The molecule has 0 spiro atoms. The number of anilines is 1. The quantitative estimate of drug-likeness (QED) is 0.709. The van der Waals surface area contributed by atoms with Crippen LogP contribution in [0.15, 0.2) is 12.4 Å². The number of ether oxygens (including phenoxy) is 1. The van der Waals surface area contributed by atoms with Crippen molar-refractivity contribution in [3.05, 3.63) is 12.4 Å². The summed E-state index contributed by atoms with van der Waals surface area (Å²) < 4.78 is 5.10. The van der Waals surface area contributed by atoms with Crippen LogP contribution >= 0.6 is 0 Å². The predicted molar refractivity (Wildman–Crippen MR) is 61.2 cm³/mol. The highest BCUT2D eigenvalue weighted by Crippen LogP contribution is 2.21. The predicted octanol–water partition coefficient (Wildman–Crippen LogP) is 0.115. The van der Waals surface area contributed by atoms with Crippen molar-refractivity contribution in [3.8, 4) is 0 Å². The molecule has 2 heterocycles. The van der Waals surface area contributed by atoms with Crippen LogP contribution in [0.5, 0.6) is 0 Å². The first-order valence-electron chi connectivity index (χ1n) is 5.44. The molecule has 8 nitrogen and oxygen atoms in total. The number of hydrogen-bond donors (Lipinski definition) is 3. The molecule has 8 heteroatoms. The molecule has 2 unspecified atom stereocenters. The van der Waals surface area contributed by atoms with Crippen molar-refractivity contribution >= 4 is 17.7 Å². The molecule has 2 atom stereocenters. The molecule has 1 aromatic rings. The van der Waals surface area contributed by atoms with Crippen LogP contribution in [0.25, 0.3) is 0 Å². The number of hydrogen-bond acceptors (Lipinski definition) is 4. The number of amides is 2. The molecular weight excluding hydrogens is 240 g/mol. The summed E-state index contributed by atoms with van der Waals surface area (Å²) in [5, 5.41) is 17.9. The van der Waals surface area contributed by atoms with E-state index in [1.54, 1.807) is 0 Å². The monoisotopic (exact) mass is 254 g/mol. The van der Waals surface area contributed by atoms with Gasteiger partial charge in [-0.3, -0.25) is 5.10 Å². The Balaban J connectivity index is 2.05. The van der Waals surface area contributed by atoms with Crippen LogP contribution in [-0.2, 0) is 9.53 Å². The molecule has 1 aromatic heterocycles. The Bertz CT molecular complexity index is 433. The van der Waals surface area contributed by atoms with E-state index in [4.69, 9.17) is 9.84 Å². The van der Waals surface area contributed by atoms with Crippen molar-refractivity contribution in [2.75, 3.05) is 19.0 Å². The Morgan fingerprint density at radius 1 is 1.67 bits per heavy atom. The van der Waals surface area contributed by atoms with Crippen molar-refractivity contribution in [1.29, 1.82) is 0 Å². The number of urea groups is 1. The van der Waals surface area contributed by atoms with Gasteiger partial charge in [-0.1, -0.05) is 0 Å². The Morgan fingerprint density at radius 3 is 3.00 bits per heavy atom. The van der Waals surface area contributed by atoms with Crippen molar-refractivity contribution in [3.63, 3.8) is 0 Å². The van der Waals surface area contributed by atoms with E-state index in [2.05, 4.69) is 15.5 Å². The molecule has 1 saturated heterocycles. The maximum Gasteiger partial charge on any atom is 0.326 e. The van der Waals surface area contributed by atoms with E-state index in [1.807, 2.05) is 0 Å². The zero-order valence-corrected chi connectivity index (χ0v) is 9.79. The second-order valence-corrected chi connectivity index (χ2v) is 4.02. The summed E-state index contributed by atoms with van der Waals surface area (Å²) in [4.78, 5) is 24.3. The van der Waals surface area contributed by atoms with E-state index >= 15 is 0 Å². The lowest BCUT2D eigenvalue weighted by molar-refractivity contribution is -0.141. The van der Waals surface area contributed by atoms with Gasteiger partial charge in [0.15, 0.2) is 0 Å². The average molecular weight is 254 g/mol. The van der Waals surface area contributed by atoms with Crippen LogP contribution in [0, 0.1) is 0 Å². The molecule has 0 saturated carbocycles. The first kappa shape index (κ1) is 12.4. The van der Waals surface area contributed by atoms with Crippen LogP contribution in [0.1, 0.15) is 6.42 Å². The van der Waals surface area contributed by atoms with E-state index in [0.717, 1.165) is 0 Å². The second-order valence-electron chi connectivity index (χ2n) is 4.02. The number of nitrogens with zero attached hydrogens (tertiary/aromatic N) is 2. The molecule has 0 aliphatic carbocycles. The number of carboxylic acid groups (broad SMARTS) is 1. The third kappa shape index (κ3) is 2.43. The minimum Gasteiger partial charge on any atom is -0.480 e. The first-order valence-corrected chi connectivity index (χ1v) is 5.44. The number of aromatic nitrogens is 2. The molecule has 0 radical (unpaired) electrons. The van der Waals surface area contributed by atoms with Gasteiger partial charge in [-0.2, -0.15) is 5.10 Å². The van der Waals surface area contributed by atoms with Crippen LogP contribution in [0.3, 0.4) is 0 Å². The van der Waals surface area contributed by atoms with Crippen LogP contribution in [0.4, 0.5) is 10.5 Å². The Kier molecular flexibility index (Phi) is 3.47. The second kappa shape index (κ2) is 5.05. The summed E-state index contributed by atoms with van der Waals surface area (Å²) in [5.41, 5.74) is 0.491. The Hall–Kier alpha value is -2.09. The number of methoxy groups -OCH3 is 1. The summed E-state index contributed by atoms with van der Waals surface area (Å²) in [7, 11) is 1.50. The summed E-state index contributed by atoms with van der Waals surface area (Å²) in [5.74, 6) is -1.03. The fourth-order valence-electron chi connectivity index (χ4n) is 1.94. The standard InChI is InChI=1S/C10H14N4O4/c1-18-7-2-8(9(15)16)14(5-7)10(17)13-6-3-11-12-4-6/h3-4,7-8H,2,5H2,1H3,(H,11,12)(H,13,17)(H,15,16). The Morgan fingerprint density at radius 2 is 2.44 bits per heavy atom. The highest BCUT2D eigenvalue weighted by Gasteiger charge is 2.39. The maximum absolute atomic E-state index is 11.9. The molecule has 98 valence electrons. The summed E-state index contributed by atoms with van der Waals surface area (Å²) in [6, 6.07) is -1.33. The number of rotatable bonds is 3. The minimum absolute atomic E-state index is 0.249. The fourth-order valence-corrected chi connectivity index (χ4v) is 1.94. The normalized spacial score (nSPS) is 23.1. The van der Waals surface area contributed by atoms with Crippen LogP contribution < -0.4 is 5.32 Å². The fraction of sp³-hybridized carbons (Fsp3) is 0.500. The molecule has 1 fully saturated rings. The molecule has 1 aliphatic rings. The van der Waals surface area contributed by atoms with Crippen LogP contribution in [-0.4, -0.2) is 58.0 Å². The molecule has 1 aliphatic heterocycles. The largest absolute Gasteiger partial charge is 0.480 e. The van der Waals surface area contributed by atoms with Crippen molar-refractivity contribution in [2.45, 2.75) is 18.6 Å². The van der Waals surface area contributed by atoms with E-state index in [1.165, 1.54) is 24.4 Å². The number of H-pyrrole nitrogens is 1. The van der Waals surface area contributed by atoms with E-state index in [-0.39, 0.29) is 12.6 Å². The maximum atomic E-state index is 11.9. The van der Waals surface area contributed by atoms with Crippen molar-refractivity contribution in [2.24, 2.45) is 0 Å². The zero-order chi connectivity index (χ0) is 13.1. The van der Waals surface area contributed by atoms with E-state index < -0.39 is 18.0 Å². The number of likely N-dealkylation sites (tertiary alicyclic amines) is 1. The molecule has 18 heavy (non-hydrogen) atoms. The SMILES string of the molecule is COC1CC(C(=O)O)N(C(=O)Nc2cn[nH]c2)C1. The van der Waals surface area contributed by atoms with Gasteiger partial charge in [0.25, 0.3) is 0 Å². The average Bonchev–Trinajstić information content (AvgIpc) is 2.96. The number of carbonyl (C=O) groups is 2. The van der Waals surface area contributed by atoms with Gasteiger partial charge in [-0.05, 0) is 0 Å². The summed E-state index contributed by atoms with van der Waals surface area (Å²) >= 11 is 0.